The monoisotopic (exact) mass is 443 g/mol. The van der Waals surface area contributed by atoms with Gasteiger partial charge in [0.1, 0.15) is 11.5 Å². The maximum Gasteiger partial charge on any atom is 0.283 e. The van der Waals surface area contributed by atoms with Crippen LogP contribution in [0.15, 0.2) is 33.9 Å². The summed E-state index contributed by atoms with van der Waals surface area (Å²) in [6, 6.07) is 5.44. The molecule has 1 N–H and O–H groups in total. The fraction of sp³-hybridized carbons (Fsp3) is 0.200. The Labute approximate surface area is 182 Å². The number of aryl methyl sites for hydroxylation is 1. The van der Waals surface area contributed by atoms with Crippen LogP contribution in [0.2, 0.25) is 5.02 Å². The lowest BCUT2D eigenvalue weighted by atomic mass is 10.1. The number of aromatic nitrogens is 1. The first kappa shape index (κ1) is 20.2. The summed E-state index contributed by atoms with van der Waals surface area (Å²) in [4.78, 5) is 16.5. The summed E-state index contributed by atoms with van der Waals surface area (Å²) in [5, 5.41) is 14.6. The van der Waals surface area contributed by atoms with Gasteiger partial charge in [-0.1, -0.05) is 11.6 Å². The number of hydrogen-bond acceptors (Lipinski definition) is 6. The van der Waals surface area contributed by atoms with E-state index < -0.39 is 5.91 Å². The number of rotatable bonds is 4. The maximum atomic E-state index is 12.5. The van der Waals surface area contributed by atoms with Crippen molar-refractivity contribution >= 4 is 51.9 Å². The van der Waals surface area contributed by atoms with Crippen molar-refractivity contribution in [1.82, 2.24) is 9.58 Å². The maximum absolute atomic E-state index is 12.5. The van der Waals surface area contributed by atoms with Crippen LogP contribution in [-0.4, -0.2) is 46.3 Å². The number of carbonyl (C=O) groups excluding carboxylic acids is 1. The number of thioether (sulfide) groups is 1. The van der Waals surface area contributed by atoms with Gasteiger partial charge in [0, 0.05) is 17.5 Å². The van der Waals surface area contributed by atoms with Crippen LogP contribution in [0.5, 0.6) is 11.5 Å². The summed E-state index contributed by atoms with van der Waals surface area (Å²) >= 11 is 7.56. The lowest BCUT2D eigenvalue weighted by Crippen LogP contribution is -2.35. The summed E-state index contributed by atoms with van der Waals surface area (Å²) in [6.07, 6.45) is 1.67. The average molecular weight is 444 g/mol. The number of methoxy groups -OCH3 is 2. The Morgan fingerprint density at radius 1 is 1.17 bits per heavy atom. The van der Waals surface area contributed by atoms with Crippen molar-refractivity contribution < 1.29 is 14.3 Å². The Bertz CT molecular complexity index is 1180. The molecule has 0 radical (unpaired) electrons. The number of fused-ring (bicyclic) bond motifs is 1. The summed E-state index contributed by atoms with van der Waals surface area (Å²) < 4.78 is 12.8. The minimum atomic E-state index is -0.459. The molecule has 0 spiro atoms. The highest BCUT2D eigenvalue weighted by atomic mass is 35.5. The molecule has 0 bridgehead atoms. The molecule has 0 fully saturated rings. The normalized spacial score (nSPS) is 16.9. The van der Waals surface area contributed by atoms with E-state index in [4.69, 9.17) is 26.5 Å². The Balaban J connectivity index is 1.82. The van der Waals surface area contributed by atoms with Crippen LogP contribution in [0.1, 0.15) is 17.0 Å². The molecule has 154 valence electrons. The van der Waals surface area contributed by atoms with Crippen molar-refractivity contribution in [3.63, 3.8) is 0 Å². The van der Waals surface area contributed by atoms with E-state index in [0.717, 1.165) is 22.6 Å². The van der Waals surface area contributed by atoms with Crippen LogP contribution in [0.4, 0.5) is 0 Å². The molecule has 0 saturated carbocycles. The summed E-state index contributed by atoms with van der Waals surface area (Å²) in [5.41, 5.74) is 5.02. The quantitative estimate of drug-likeness (QED) is 0.720. The van der Waals surface area contributed by atoms with Gasteiger partial charge in [0.2, 0.25) is 0 Å². The van der Waals surface area contributed by atoms with Crippen LogP contribution < -0.4 is 9.47 Å². The largest absolute Gasteiger partial charge is 0.495 e. The number of nitrogens with one attached hydrogen (secondary N) is 1. The van der Waals surface area contributed by atoms with E-state index in [0.29, 0.717) is 21.7 Å². The van der Waals surface area contributed by atoms with Gasteiger partial charge in [-0.05, 0) is 49.4 Å². The molecular weight excluding hydrogens is 426 g/mol. The van der Waals surface area contributed by atoms with Crippen molar-refractivity contribution in [2.45, 2.75) is 13.8 Å². The lowest BCUT2D eigenvalue weighted by Gasteiger charge is -2.20. The van der Waals surface area contributed by atoms with Crippen LogP contribution in [0, 0.1) is 19.3 Å². The van der Waals surface area contributed by atoms with Gasteiger partial charge in [-0.15, -0.1) is 0 Å². The van der Waals surface area contributed by atoms with Gasteiger partial charge in [0.05, 0.1) is 36.0 Å². The smallest absolute Gasteiger partial charge is 0.283 e. The zero-order valence-corrected chi connectivity index (χ0v) is 18.3. The first-order valence-corrected chi connectivity index (χ1v) is 10.1. The van der Waals surface area contributed by atoms with Crippen molar-refractivity contribution in [3.05, 3.63) is 45.7 Å². The topological polar surface area (TPSA) is 92.3 Å². The van der Waals surface area contributed by atoms with Gasteiger partial charge in [-0.2, -0.15) is 15.1 Å². The van der Waals surface area contributed by atoms with Gasteiger partial charge in [0.25, 0.3) is 5.91 Å². The fourth-order valence-electron chi connectivity index (χ4n) is 3.42. The number of hydrazone groups is 1. The van der Waals surface area contributed by atoms with E-state index in [9.17, 15) is 4.79 Å². The highest BCUT2D eigenvalue weighted by Crippen LogP contribution is 2.37. The minimum Gasteiger partial charge on any atom is -0.495 e. The molecule has 2 aliphatic rings. The number of aliphatic imine (C=N–C) groups is 1. The SMILES string of the molecule is COc1cc(OC)c(-n2c(C)cc(/C=C3\C(=N)N4N=CSC4=NC3=O)c2C)cc1Cl. The number of ether oxygens (including phenoxy) is 2. The molecule has 2 aromatic rings. The number of halogens is 1. The van der Waals surface area contributed by atoms with E-state index in [1.54, 1.807) is 38.0 Å². The number of benzene rings is 1. The predicted molar refractivity (Wildman–Crippen MR) is 119 cm³/mol. The molecule has 1 amide bonds. The Morgan fingerprint density at radius 3 is 2.60 bits per heavy atom. The Morgan fingerprint density at radius 2 is 1.90 bits per heavy atom. The molecule has 0 aliphatic carbocycles. The van der Waals surface area contributed by atoms with Gasteiger partial charge < -0.3 is 14.0 Å². The average Bonchev–Trinajstić information content (AvgIpc) is 3.29. The van der Waals surface area contributed by atoms with Crippen LogP contribution in [-0.2, 0) is 4.79 Å². The van der Waals surface area contributed by atoms with Crippen LogP contribution in [0.3, 0.4) is 0 Å². The second-order valence-electron chi connectivity index (χ2n) is 6.58. The Kier molecular flexibility index (Phi) is 5.17. The summed E-state index contributed by atoms with van der Waals surface area (Å²) in [5.74, 6) is 0.651. The third kappa shape index (κ3) is 3.20. The molecule has 8 nitrogen and oxygen atoms in total. The van der Waals surface area contributed by atoms with Crippen LogP contribution in [0.25, 0.3) is 11.8 Å². The fourth-order valence-corrected chi connectivity index (χ4v) is 4.26. The van der Waals surface area contributed by atoms with E-state index in [2.05, 4.69) is 10.1 Å². The molecule has 1 aromatic carbocycles. The van der Waals surface area contributed by atoms with Gasteiger partial charge in [0.15, 0.2) is 11.0 Å². The molecule has 3 heterocycles. The van der Waals surface area contributed by atoms with Crippen molar-refractivity contribution in [3.8, 4) is 17.2 Å². The molecule has 0 atom stereocenters. The molecule has 4 rings (SSSR count). The third-order valence-corrected chi connectivity index (χ3v) is 5.83. The molecular formula is C20H18ClN5O3S. The minimum absolute atomic E-state index is 0.00104. The number of hydrogen-bond donors (Lipinski definition) is 1. The van der Waals surface area contributed by atoms with E-state index in [1.165, 1.54) is 16.8 Å². The molecule has 30 heavy (non-hydrogen) atoms. The summed E-state index contributed by atoms with van der Waals surface area (Å²) in [6.45, 7) is 3.87. The van der Waals surface area contributed by atoms with Crippen molar-refractivity contribution in [2.24, 2.45) is 10.1 Å². The van der Waals surface area contributed by atoms with Gasteiger partial charge in [-0.25, -0.2) is 0 Å². The zero-order valence-electron chi connectivity index (χ0n) is 16.7. The van der Waals surface area contributed by atoms with E-state index in [1.807, 2.05) is 24.5 Å². The first-order chi connectivity index (χ1) is 14.3. The highest BCUT2D eigenvalue weighted by Gasteiger charge is 2.32. The molecule has 1 aromatic heterocycles. The molecule has 0 unspecified atom stereocenters. The van der Waals surface area contributed by atoms with Crippen molar-refractivity contribution in [1.29, 1.82) is 5.41 Å². The third-order valence-electron chi connectivity index (χ3n) is 4.86. The molecule has 2 aliphatic heterocycles. The number of carbonyl (C=O) groups is 1. The van der Waals surface area contributed by atoms with Gasteiger partial charge >= 0.3 is 0 Å². The summed E-state index contributed by atoms with van der Waals surface area (Å²) in [7, 11) is 3.12. The lowest BCUT2D eigenvalue weighted by molar-refractivity contribution is -0.114. The zero-order chi connectivity index (χ0) is 21.6. The Hall–Kier alpha value is -3.04. The molecule has 0 saturated heterocycles. The first-order valence-electron chi connectivity index (χ1n) is 8.89. The second-order valence-corrected chi connectivity index (χ2v) is 7.80. The highest BCUT2D eigenvalue weighted by molar-refractivity contribution is 8.25. The van der Waals surface area contributed by atoms with Gasteiger partial charge in [-0.3, -0.25) is 10.2 Å². The predicted octanol–water partition coefficient (Wildman–Crippen LogP) is 4.01. The second kappa shape index (κ2) is 7.66. The van der Waals surface area contributed by atoms with E-state index in [-0.39, 0.29) is 11.4 Å². The van der Waals surface area contributed by atoms with Crippen molar-refractivity contribution in [2.75, 3.05) is 14.2 Å². The number of amides is 1. The van der Waals surface area contributed by atoms with Crippen LogP contribution >= 0.6 is 23.4 Å². The number of amidine groups is 2. The number of nitrogens with zero attached hydrogens (tertiary/aromatic N) is 4. The van der Waals surface area contributed by atoms with E-state index >= 15 is 0 Å². The molecule has 10 heteroatoms. The standard InChI is InChI=1S/C20H18ClN5O3S/c1-10-5-12(6-13-18(22)26-20(24-19(13)27)30-9-23-26)11(2)25(10)15-7-14(21)16(28-3)8-17(15)29-4/h5-9,22H,1-4H3/b13-6+,22-18?.